The highest BCUT2D eigenvalue weighted by Gasteiger charge is 2.41. The third-order valence-corrected chi connectivity index (χ3v) is 4.49. The Balaban J connectivity index is 2.15. The first kappa shape index (κ1) is 11.9. The van der Waals surface area contributed by atoms with E-state index in [9.17, 15) is 0 Å². The Morgan fingerprint density at radius 3 is 2.83 bits per heavy atom. The zero-order valence-corrected chi connectivity index (χ0v) is 11.7. The van der Waals surface area contributed by atoms with Gasteiger partial charge in [-0.15, -0.1) is 0 Å². The number of nitrogens with zero attached hydrogens (tertiary/aromatic N) is 2. The van der Waals surface area contributed by atoms with Gasteiger partial charge in [-0.25, -0.2) is 4.99 Å². The second-order valence-electron chi connectivity index (χ2n) is 5.04. The molecule has 0 radical (unpaired) electrons. The molecule has 1 saturated heterocycles. The molecule has 0 bridgehead atoms. The SMILES string of the molecule is C=C1NC2=Nc3ccc(Cl)c(Cl)c3CN2C1(C)C. The summed E-state index contributed by atoms with van der Waals surface area (Å²) in [5.41, 5.74) is 2.60. The van der Waals surface area contributed by atoms with Gasteiger partial charge < -0.3 is 10.2 Å². The molecule has 94 valence electrons. The predicted octanol–water partition coefficient (Wildman–Crippen LogP) is 3.69. The van der Waals surface area contributed by atoms with Crippen LogP contribution in [0.25, 0.3) is 0 Å². The van der Waals surface area contributed by atoms with Crippen LogP contribution in [0.5, 0.6) is 0 Å². The molecular formula is C13H13Cl2N3. The van der Waals surface area contributed by atoms with E-state index >= 15 is 0 Å². The number of guanidine groups is 1. The summed E-state index contributed by atoms with van der Waals surface area (Å²) in [5, 5.41) is 4.38. The van der Waals surface area contributed by atoms with E-state index < -0.39 is 0 Å². The minimum atomic E-state index is -0.178. The zero-order chi connectivity index (χ0) is 13.1. The molecule has 18 heavy (non-hydrogen) atoms. The van der Waals surface area contributed by atoms with Crippen LogP contribution >= 0.6 is 23.2 Å². The normalized spacial score (nSPS) is 20.1. The number of halogens is 2. The zero-order valence-electron chi connectivity index (χ0n) is 10.2. The molecule has 0 saturated carbocycles. The molecule has 3 rings (SSSR count). The smallest absolute Gasteiger partial charge is 0.204 e. The molecule has 0 aromatic heterocycles. The molecule has 2 aliphatic rings. The molecule has 3 nitrogen and oxygen atoms in total. The third kappa shape index (κ3) is 1.47. The maximum absolute atomic E-state index is 6.26. The van der Waals surface area contributed by atoms with E-state index in [2.05, 4.69) is 35.6 Å². The molecule has 1 fully saturated rings. The molecule has 1 aromatic rings. The summed E-state index contributed by atoms with van der Waals surface area (Å²) in [7, 11) is 0. The number of hydrogen-bond donors (Lipinski definition) is 1. The maximum Gasteiger partial charge on any atom is 0.204 e. The van der Waals surface area contributed by atoms with Gasteiger partial charge in [-0.1, -0.05) is 29.8 Å². The maximum atomic E-state index is 6.26. The fourth-order valence-corrected chi connectivity index (χ4v) is 2.65. The van der Waals surface area contributed by atoms with Crippen molar-refractivity contribution >= 4 is 34.8 Å². The van der Waals surface area contributed by atoms with Crippen LogP contribution in [0.15, 0.2) is 29.4 Å². The highest BCUT2D eigenvalue weighted by Crippen LogP contribution is 2.41. The van der Waals surface area contributed by atoms with Crippen molar-refractivity contribution in [2.45, 2.75) is 25.9 Å². The summed E-state index contributed by atoms with van der Waals surface area (Å²) in [5.74, 6) is 0.830. The van der Waals surface area contributed by atoms with Crippen LogP contribution in [0.1, 0.15) is 19.4 Å². The molecule has 1 N–H and O–H groups in total. The van der Waals surface area contributed by atoms with Crippen LogP contribution in [0.3, 0.4) is 0 Å². The van der Waals surface area contributed by atoms with E-state index in [1.54, 1.807) is 6.07 Å². The van der Waals surface area contributed by atoms with Crippen LogP contribution < -0.4 is 5.32 Å². The molecule has 2 aliphatic heterocycles. The molecule has 0 spiro atoms. The molecule has 0 unspecified atom stereocenters. The number of aliphatic imine (C=N–C) groups is 1. The lowest BCUT2D eigenvalue weighted by molar-refractivity contribution is 0.269. The van der Waals surface area contributed by atoms with Crippen molar-refractivity contribution in [3.63, 3.8) is 0 Å². The Bertz CT molecular complexity index is 590. The van der Waals surface area contributed by atoms with Gasteiger partial charge in [0, 0.05) is 11.3 Å². The Labute approximate surface area is 116 Å². The van der Waals surface area contributed by atoms with E-state index in [4.69, 9.17) is 23.2 Å². The lowest BCUT2D eigenvalue weighted by Gasteiger charge is -2.34. The number of fused-ring (bicyclic) bond motifs is 2. The largest absolute Gasteiger partial charge is 0.328 e. The first-order valence-electron chi connectivity index (χ1n) is 5.71. The average Bonchev–Trinajstić information content (AvgIpc) is 2.54. The highest BCUT2D eigenvalue weighted by atomic mass is 35.5. The van der Waals surface area contributed by atoms with Crippen molar-refractivity contribution in [2.24, 2.45) is 4.99 Å². The number of nitrogens with one attached hydrogen (secondary N) is 1. The van der Waals surface area contributed by atoms with E-state index in [0.29, 0.717) is 16.6 Å². The molecule has 0 atom stereocenters. The summed E-state index contributed by atoms with van der Waals surface area (Å²) in [6.07, 6.45) is 0. The summed E-state index contributed by atoms with van der Waals surface area (Å²) in [6.45, 7) is 8.94. The molecular weight excluding hydrogens is 269 g/mol. The van der Waals surface area contributed by atoms with Gasteiger partial charge in [0.05, 0.1) is 27.8 Å². The predicted molar refractivity (Wildman–Crippen MR) is 75.5 cm³/mol. The van der Waals surface area contributed by atoms with Gasteiger partial charge in [0.15, 0.2) is 0 Å². The first-order chi connectivity index (χ1) is 8.41. The summed E-state index contributed by atoms with van der Waals surface area (Å²) in [6, 6.07) is 3.67. The van der Waals surface area contributed by atoms with E-state index in [1.165, 1.54) is 0 Å². The van der Waals surface area contributed by atoms with Crippen LogP contribution in [0.2, 0.25) is 10.0 Å². The minimum Gasteiger partial charge on any atom is -0.328 e. The van der Waals surface area contributed by atoms with Crippen molar-refractivity contribution in [1.82, 2.24) is 10.2 Å². The van der Waals surface area contributed by atoms with Gasteiger partial charge in [0.25, 0.3) is 0 Å². The summed E-state index contributed by atoms with van der Waals surface area (Å²) in [4.78, 5) is 6.74. The Hall–Kier alpha value is -1.19. The van der Waals surface area contributed by atoms with Crippen molar-refractivity contribution in [3.8, 4) is 0 Å². The van der Waals surface area contributed by atoms with Gasteiger partial charge in [0.1, 0.15) is 0 Å². The number of benzene rings is 1. The topological polar surface area (TPSA) is 27.6 Å². The van der Waals surface area contributed by atoms with Crippen LogP contribution in [0.4, 0.5) is 5.69 Å². The van der Waals surface area contributed by atoms with Crippen molar-refractivity contribution in [2.75, 3.05) is 0 Å². The number of hydrogen-bond acceptors (Lipinski definition) is 3. The molecule has 0 aliphatic carbocycles. The fourth-order valence-electron chi connectivity index (χ4n) is 2.25. The minimum absolute atomic E-state index is 0.178. The summed E-state index contributed by atoms with van der Waals surface area (Å²) < 4.78 is 0. The Kier molecular flexibility index (Phi) is 2.41. The second kappa shape index (κ2) is 3.65. The fraction of sp³-hybridized carbons (Fsp3) is 0.308. The highest BCUT2D eigenvalue weighted by molar-refractivity contribution is 6.42. The van der Waals surface area contributed by atoms with E-state index in [0.717, 1.165) is 22.9 Å². The van der Waals surface area contributed by atoms with Gasteiger partial charge in [-0.2, -0.15) is 0 Å². The third-order valence-electron chi connectivity index (χ3n) is 3.65. The monoisotopic (exact) mass is 281 g/mol. The average molecular weight is 282 g/mol. The standard InChI is InChI=1S/C13H13Cl2N3/c1-7-13(2,3)18-6-8-10(17-12(18)16-7)5-4-9(14)11(8)15/h4-5H,1,6H2,2-3H3,(H,16,17). The quantitative estimate of drug-likeness (QED) is 0.785. The lowest BCUT2D eigenvalue weighted by Crippen LogP contribution is -2.42. The lowest BCUT2D eigenvalue weighted by atomic mass is 10.00. The van der Waals surface area contributed by atoms with Gasteiger partial charge in [-0.3, -0.25) is 0 Å². The van der Waals surface area contributed by atoms with Crippen molar-refractivity contribution in [3.05, 3.63) is 40.0 Å². The Morgan fingerprint density at radius 2 is 2.11 bits per heavy atom. The van der Waals surface area contributed by atoms with Crippen LogP contribution in [0, 0.1) is 0 Å². The van der Waals surface area contributed by atoms with Gasteiger partial charge >= 0.3 is 0 Å². The van der Waals surface area contributed by atoms with Gasteiger partial charge in [-0.05, 0) is 26.0 Å². The van der Waals surface area contributed by atoms with Crippen molar-refractivity contribution < 1.29 is 0 Å². The van der Waals surface area contributed by atoms with Crippen molar-refractivity contribution in [1.29, 1.82) is 0 Å². The second-order valence-corrected chi connectivity index (χ2v) is 5.83. The molecule has 5 heteroatoms. The Morgan fingerprint density at radius 1 is 1.39 bits per heavy atom. The van der Waals surface area contributed by atoms with Crippen LogP contribution in [-0.2, 0) is 6.54 Å². The van der Waals surface area contributed by atoms with E-state index in [1.807, 2.05) is 6.07 Å². The molecule has 2 heterocycles. The van der Waals surface area contributed by atoms with Crippen LogP contribution in [-0.4, -0.2) is 16.4 Å². The molecule has 1 aromatic carbocycles. The van der Waals surface area contributed by atoms with Gasteiger partial charge in [0.2, 0.25) is 5.96 Å². The summed E-state index contributed by atoms with van der Waals surface area (Å²) >= 11 is 12.3. The first-order valence-corrected chi connectivity index (χ1v) is 6.46. The van der Waals surface area contributed by atoms with E-state index in [-0.39, 0.29) is 5.54 Å². The number of rotatable bonds is 0. The molecule has 0 amide bonds.